The van der Waals surface area contributed by atoms with Gasteiger partial charge in [0.15, 0.2) is 0 Å². The first-order valence-corrected chi connectivity index (χ1v) is 15.6. The minimum absolute atomic E-state index is 0.0894. The van der Waals surface area contributed by atoms with Gasteiger partial charge >= 0.3 is 0 Å². The van der Waals surface area contributed by atoms with Crippen LogP contribution in [0.15, 0.2) is 46.0 Å². The molecule has 14 heteroatoms. The van der Waals surface area contributed by atoms with Gasteiger partial charge in [0.2, 0.25) is 0 Å². The zero-order valence-electron chi connectivity index (χ0n) is 21.3. The number of ether oxygens (including phenoxy) is 1. The molecule has 0 aromatic carbocycles. The van der Waals surface area contributed by atoms with E-state index in [-0.39, 0.29) is 17.8 Å². The van der Waals surface area contributed by atoms with Crippen molar-refractivity contribution < 1.29 is 25.2 Å². The molecule has 6 unspecified atom stereocenters. The predicted octanol–water partition coefficient (Wildman–Crippen LogP) is 2.66. The summed E-state index contributed by atoms with van der Waals surface area (Å²) in [7, 11) is 0. The molecule has 0 bridgehead atoms. The highest BCUT2D eigenvalue weighted by atomic mass is 32.2. The summed E-state index contributed by atoms with van der Waals surface area (Å²) in [6.07, 6.45) is 2.26. The lowest BCUT2D eigenvalue weighted by Gasteiger charge is -2.37. The van der Waals surface area contributed by atoms with Gasteiger partial charge in [0.1, 0.15) is 29.0 Å². The lowest BCUT2D eigenvalue weighted by atomic mass is 9.92. The van der Waals surface area contributed by atoms with Gasteiger partial charge in [-0.05, 0) is 42.7 Å². The molecule has 11 nitrogen and oxygen atoms in total. The van der Waals surface area contributed by atoms with Crippen LogP contribution in [-0.2, 0) is 11.3 Å². The van der Waals surface area contributed by atoms with Crippen molar-refractivity contribution in [1.29, 1.82) is 0 Å². The first-order chi connectivity index (χ1) is 18.9. The first kappa shape index (κ1) is 28.4. The SMILES string of the molecule is CC(O)C(CO)OC(SC1CCCC(n2cc(-c3ccsc3)nn2)C1O)[C@@H](O)Cn1cc(-c2ccsc2)nn1. The molecule has 0 radical (unpaired) electrons. The van der Waals surface area contributed by atoms with Crippen molar-refractivity contribution in [1.82, 2.24) is 30.0 Å². The van der Waals surface area contributed by atoms with Gasteiger partial charge in [0.05, 0.1) is 43.8 Å². The number of aliphatic hydroxyl groups is 4. The van der Waals surface area contributed by atoms with Crippen molar-refractivity contribution >= 4 is 34.4 Å². The summed E-state index contributed by atoms with van der Waals surface area (Å²) in [5.41, 5.74) is 2.55. The van der Waals surface area contributed by atoms with Crippen LogP contribution >= 0.6 is 34.4 Å². The zero-order valence-corrected chi connectivity index (χ0v) is 23.8. The highest BCUT2D eigenvalue weighted by Gasteiger charge is 2.38. The lowest BCUT2D eigenvalue weighted by Crippen LogP contribution is -2.43. The number of hydrogen-bond donors (Lipinski definition) is 4. The summed E-state index contributed by atoms with van der Waals surface area (Å²) in [4.78, 5) is 0. The summed E-state index contributed by atoms with van der Waals surface area (Å²) >= 11 is 4.45. The summed E-state index contributed by atoms with van der Waals surface area (Å²) < 4.78 is 9.30. The Morgan fingerprint density at radius 2 is 1.74 bits per heavy atom. The minimum Gasteiger partial charge on any atom is -0.394 e. The number of nitrogens with zero attached hydrogens (tertiary/aromatic N) is 6. The Hall–Kier alpha value is -2.17. The van der Waals surface area contributed by atoms with E-state index in [1.807, 2.05) is 39.8 Å². The Bertz CT molecular complexity index is 1280. The maximum atomic E-state index is 11.4. The fourth-order valence-electron chi connectivity index (χ4n) is 4.61. The van der Waals surface area contributed by atoms with Crippen LogP contribution in [0.4, 0.5) is 0 Å². The molecular formula is C25H32N6O5S3. The smallest absolute Gasteiger partial charge is 0.131 e. The van der Waals surface area contributed by atoms with Crippen LogP contribution in [-0.4, -0.2) is 92.1 Å². The van der Waals surface area contributed by atoms with Crippen LogP contribution < -0.4 is 0 Å². The zero-order chi connectivity index (χ0) is 27.4. The molecule has 4 aromatic heterocycles. The Labute approximate surface area is 238 Å². The second kappa shape index (κ2) is 13.0. The lowest BCUT2D eigenvalue weighted by molar-refractivity contribution is -0.0977. The number of aromatic nitrogens is 6. The fourth-order valence-corrected chi connectivity index (χ4v) is 7.37. The molecule has 39 heavy (non-hydrogen) atoms. The van der Waals surface area contributed by atoms with E-state index in [9.17, 15) is 20.4 Å². The molecule has 210 valence electrons. The van der Waals surface area contributed by atoms with Gasteiger partial charge in [-0.15, -0.1) is 22.0 Å². The van der Waals surface area contributed by atoms with Crippen molar-refractivity contribution in [3.05, 3.63) is 46.0 Å². The van der Waals surface area contributed by atoms with Gasteiger partial charge in [0, 0.05) is 27.1 Å². The van der Waals surface area contributed by atoms with Crippen LogP contribution in [0.3, 0.4) is 0 Å². The standard InChI is InChI=1S/C25H32N6O5S3/c1-15(33)22(12-32)36-25(21(34)11-30-9-18(26-28-30)16-5-7-37-13-16)39-23-4-2-3-20(24(23)35)31-10-19(27-29-31)17-6-8-38-14-17/h5-10,13-15,20-25,32-35H,2-4,11-12H2,1H3/t15?,20?,21-,22?,23?,24?,25?/m0/s1. The number of thiophene rings is 2. The van der Waals surface area contributed by atoms with E-state index >= 15 is 0 Å². The number of thioether (sulfide) groups is 1. The van der Waals surface area contributed by atoms with E-state index < -0.39 is 36.5 Å². The van der Waals surface area contributed by atoms with Crippen LogP contribution in [0.2, 0.25) is 0 Å². The second-order valence-electron chi connectivity index (χ2n) is 9.63. The topological polar surface area (TPSA) is 152 Å². The molecule has 4 heterocycles. The Kier molecular flexibility index (Phi) is 9.45. The van der Waals surface area contributed by atoms with Gasteiger partial charge in [-0.3, -0.25) is 0 Å². The van der Waals surface area contributed by atoms with Gasteiger partial charge in [0.25, 0.3) is 0 Å². The van der Waals surface area contributed by atoms with E-state index in [1.165, 1.54) is 18.7 Å². The number of aliphatic hydroxyl groups excluding tert-OH is 4. The third-order valence-corrected chi connectivity index (χ3v) is 9.73. The molecule has 1 aliphatic rings. The number of hydrogen-bond acceptors (Lipinski definition) is 12. The Morgan fingerprint density at radius 3 is 2.38 bits per heavy atom. The molecular weight excluding hydrogens is 561 g/mol. The van der Waals surface area contributed by atoms with Crippen LogP contribution in [0.1, 0.15) is 32.2 Å². The Balaban J connectivity index is 1.30. The fraction of sp³-hybridized carbons (Fsp3) is 0.520. The first-order valence-electron chi connectivity index (χ1n) is 12.8. The molecule has 1 saturated carbocycles. The molecule has 0 spiro atoms. The van der Waals surface area contributed by atoms with Gasteiger partial charge in [-0.1, -0.05) is 16.8 Å². The summed E-state index contributed by atoms with van der Waals surface area (Å²) in [5, 5.41) is 67.1. The van der Waals surface area contributed by atoms with E-state index in [4.69, 9.17) is 4.74 Å². The Morgan fingerprint density at radius 1 is 1.05 bits per heavy atom. The third kappa shape index (κ3) is 6.77. The van der Waals surface area contributed by atoms with Crippen LogP contribution in [0, 0.1) is 0 Å². The molecule has 1 aliphatic carbocycles. The molecule has 4 aromatic rings. The monoisotopic (exact) mass is 592 g/mol. The highest BCUT2D eigenvalue weighted by molar-refractivity contribution is 8.00. The molecule has 0 amide bonds. The van der Waals surface area contributed by atoms with E-state index in [0.717, 1.165) is 29.7 Å². The van der Waals surface area contributed by atoms with Crippen LogP contribution in [0.5, 0.6) is 0 Å². The van der Waals surface area contributed by atoms with Gasteiger partial charge in [-0.2, -0.15) is 22.7 Å². The molecule has 7 atom stereocenters. The molecule has 1 fully saturated rings. The maximum absolute atomic E-state index is 11.4. The maximum Gasteiger partial charge on any atom is 0.131 e. The van der Waals surface area contributed by atoms with E-state index in [1.54, 1.807) is 38.2 Å². The molecule has 0 aliphatic heterocycles. The quantitative estimate of drug-likeness (QED) is 0.181. The largest absolute Gasteiger partial charge is 0.394 e. The van der Waals surface area contributed by atoms with E-state index in [0.29, 0.717) is 12.1 Å². The third-order valence-electron chi connectivity index (χ3n) is 6.81. The van der Waals surface area contributed by atoms with Crippen molar-refractivity contribution in [2.45, 2.75) is 73.9 Å². The molecule has 4 N–H and O–H groups in total. The van der Waals surface area contributed by atoms with Crippen molar-refractivity contribution in [3.8, 4) is 22.5 Å². The molecule has 5 rings (SSSR count). The van der Waals surface area contributed by atoms with Gasteiger partial charge < -0.3 is 25.2 Å². The van der Waals surface area contributed by atoms with Crippen molar-refractivity contribution in [2.75, 3.05) is 6.61 Å². The summed E-state index contributed by atoms with van der Waals surface area (Å²) in [6.45, 7) is 1.21. The number of rotatable bonds is 12. The predicted molar refractivity (Wildman–Crippen MR) is 150 cm³/mol. The van der Waals surface area contributed by atoms with Crippen molar-refractivity contribution in [3.63, 3.8) is 0 Å². The normalized spacial score (nSPS) is 22.9. The van der Waals surface area contributed by atoms with Crippen LogP contribution in [0.25, 0.3) is 22.5 Å². The minimum atomic E-state index is -1.05. The molecule has 0 saturated heterocycles. The average molecular weight is 593 g/mol. The average Bonchev–Trinajstić information content (AvgIpc) is 3.74. The van der Waals surface area contributed by atoms with Crippen molar-refractivity contribution in [2.24, 2.45) is 0 Å². The van der Waals surface area contributed by atoms with E-state index in [2.05, 4.69) is 20.6 Å². The second-order valence-corrected chi connectivity index (χ2v) is 12.5. The van der Waals surface area contributed by atoms with Gasteiger partial charge in [-0.25, -0.2) is 9.36 Å². The highest BCUT2D eigenvalue weighted by Crippen LogP contribution is 2.39. The summed E-state index contributed by atoms with van der Waals surface area (Å²) in [6, 6.07) is 3.66. The summed E-state index contributed by atoms with van der Waals surface area (Å²) in [5.74, 6) is 0.